The number of anilines is 1. The van der Waals surface area contributed by atoms with E-state index in [1.807, 2.05) is 6.92 Å². The van der Waals surface area contributed by atoms with E-state index >= 15 is 0 Å². The average Bonchev–Trinajstić information content (AvgIpc) is 2.38. The molecule has 6 nitrogen and oxygen atoms in total. The predicted molar refractivity (Wildman–Crippen MR) is 71.6 cm³/mol. The van der Waals surface area contributed by atoms with Gasteiger partial charge in [0.05, 0.1) is 20.3 Å². The molecule has 19 heavy (non-hydrogen) atoms. The van der Waals surface area contributed by atoms with E-state index in [1.54, 1.807) is 6.07 Å². The first-order valence-electron chi connectivity index (χ1n) is 6.00. The highest BCUT2D eigenvalue weighted by atomic mass is 32.2. The lowest BCUT2D eigenvalue weighted by Gasteiger charge is -2.32. The molecule has 1 aliphatic heterocycles. The van der Waals surface area contributed by atoms with E-state index < -0.39 is 10.0 Å². The number of nitrogens with two attached hydrogens (primary N) is 1. The zero-order valence-corrected chi connectivity index (χ0v) is 11.8. The Balaban J connectivity index is 2.44. The van der Waals surface area contributed by atoms with Crippen molar-refractivity contribution >= 4 is 15.7 Å². The fourth-order valence-electron chi connectivity index (χ4n) is 2.09. The number of nitrogen functional groups attached to an aromatic ring is 1. The molecule has 1 aliphatic rings. The van der Waals surface area contributed by atoms with E-state index in [-0.39, 0.29) is 16.7 Å². The maximum atomic E-state index is 12.6. The van der Waals surface area contributed by atoms with Crippen molar-refractivity contribution < 1.29 is 17.9 Å². The van der Waals surface area contributed by atoms with Gasteiger partial charge in [0.25, 0.3) is 0 Å². The van der Waals surface area contributed by atoms with Gasteiger partial charge >= 0.3 is 0 Å². The summed E-state index contributed by atoms with van der Waals surface area (Å²) in [5, 5.41) is 0. The van der Waals surface area contributed by atoms with Gasteiger partial charge in [-0.05, 0) is 19.1 Å². The third-order valence-corrected chi connectivity index (χ3v) is 5.13. The highest BCUT2D eigenvalue weighted by Gasteiger charge is 2.33. The van der Waals surface area contributed by atoms with Crippen molar-refractivity contribution in [3.05, 3.63) is 18.2 Å². The number of hydrogen-bond donors (Lipinski definition) is 1. The SMILES string of the molecule is COc1cc(N)ccc1S(=O)(=O)N1CCOC[C@H]1C. The van der Waals surface area contributed by atoms with Gasteiger partial charge in [-0.15, -0.1) is 0 Å². The van der Waals surface area contributed by atoms with E-state index in [2.05, 4.69) is 0 Å². The summed E-state index contributed by atoms with van der Waals surface area (Å²) in [5.74, 6) is 0.263. The van der Waals surface area contributed by atoms with Gasteiger partial charge in [-0.2, -0.15) is 4.31 Å². The number of sulfonamides is 1. The van der Waals surface area contributed by atoms with Crippen LogP contribution in [0.25, 0.3) is 0 Å². The Morgan fingerprint density at radius 2 is 2.21 bits per heavy atom. The first-order valence-corrected chi connectivity index (χ1v) is 7.44. The Hall–Kier alpha value is -1.31. The van der Waals surface area contributed by atoms with Gasteiger partial charge in [-0.25, -0.2) is 8.42 Å². The number of morpholine rings is 1. The Bertz CT molecular complexity index is 559. The molecule has 1 atom stereocenters. The van der Waals surface area contributed by atoms with E-state index in [0.717, 1.165) is 0 Å². The Morgan fingerprint density at radius 3 is 2.84 bits per heavy atom. The molecule has 0 radical (unpaired) electrons. The van der Waals surface area contributed by atoms with E-state index in [4.69, 9.17) is 15.2 Å². The summed E-state index contributed by atoms with van der Waals surface area (Å²) in [7, 11) is -2.17. The third-order valence-electron chi connectivity index (χ3n) is 3.08. The van der Waals surface area contributed by atoms with Crippen molar-refractivity contribution in [2.75, 3.05) is 32.6 Å². The number of nitrogens with zero attached hydrogens (tertiary/aromatic N) is 1. The summed E-state index contributed by atoms with van der Waals surface area (Å²) in [6.07, 6.45) is 0. The molecular weight excluding hydrogens is 268 g/mol. The summed E-state index contributed by atoms with van der Waals surface area (Å²) in [4.78, 5) is 0.137. The highest BCUT2D eigenvalue weighted by molar-refractivity contribution is 7.89. The summed E-state index contributed by atoms with van der Waals surface area (Å²) in [5.41, 5.74) is 6.11. The third kappa shape index (κ3) is 2.68. The van der Waals surface area contributed by atoms with Crippen LogP contribution in [0.3, 0.4) is 0 Å². The van der Waals surface area contributed by atoms with Crippen LogP contribution in [0.15, 0.2) is 23.1 Å². The van der Waals surface area contributed by atoms with Crippen molar-refractivity contribution in [1.29, 1.82) is 0 Å². The monoisotopic (exact) mass is 286 g/mol. The van der Waals surface area contributed by atoms with Crippen LogP contribution in [0.1, 0.15) is 6.92 Å². The average molecular weight is 286 g/mol. The normalized spacial score (nSPS) is 21.3. The molecule has 1 aromatic rings. The van der Waals surface area contributed by atoms with Crippen LogP contribution in [-0.4, -0.2) is 45.6 Å². The Labute approximate surface area is 113 Å². The van der Waals surface area contributed by atoms with Crippen molar-refractivity contribution in [3.63, 3.8) is 0 Å². The topological polar surface area (TPSA) is 81.9 Å². The van der Waals surface area contributed by atoms with Gasteiger partial charge in [0.15, 0.2) is 0 Å². The van der Waals surface area contributed by atoms with Crippen molar-refractivity contribution in [1.82, 2.24) is 4.31 Å². The van der Waals surface area contributed by atoms with Crippen LogP contribution in [0.5, 0.6) is 5.75 Å². The minimum Gasteiger partial charge on any atom is -0.495 e. The maximum Gasteiger partial charge on any atom is 0.247 e. The zero-order valence-electron chi connectivity index (χ0n) is 11.0. The molecule has 0 unspecified atom stereocenters. The lowest BCUT2D eigenvalue weighted by atomic mass is 10.3. The van der Waals surface area contributed by atoms with Gasteiger partial charge in [-0.3, -0.25) is 0 Å². The van der Waals surface area contributed by atoms with Crippen molar-refractivity contribution in [3.8, 4) is 5.75 Å². The van der Waals surface area contributed by atoms with Crippen LogP contribution < -0.4 is 10.5 Å². The maximum absolute atomic E-state index is 12.6. The number of rotatable bonds is 3. The molecular formula is C12H18N2O4S. The fraction of sp³-hybridized carbons (Fsp3) is 0.500. The van der Waals surface area contributed by atoms with E-state index in [0.29, 0.717) is 25.4 Å². The molecule has 1 heterocycles. The molecule has 1 aromatic carbocycles. The summed E-state index contributed by atoms with van der Waals surface area (Å²) < 4.78 is 37.1. The summed E-state index contributed by atoms with van der Waals surface area (Å²) >= 11 is 0. The first kappa shape index (κ1) is 14.1. The van der Waals surface area contributed by atoms with Crippen LogP contribution in [-0.2, 0) is 14.8 Å². The minimum atomic E-state index is -3.60. The lowest BCUT2D eigenvalue weighted by molar-refractivity contribution is 0.0392. The van der Waals surface area contributed by atoms with Gasteiger partial charge < -0.3 is 15.2 Å². The van der Waals surface area contributed by atoms with Crippen LogP contribution in [0.2, 0.25) is 0 Å². The molecule has 2 rings (SSSR count). The second-order valence-corrected chi connectivity index (χ2v) is 6.31. The zero-order chi connectivity index (χ0) is 14.0. The summed E-state index contributed by atoms with van der Waals surface area (Å²) in [6, 6.07) is 4.35. The number of hydrogen-bond acceptors (Lipinski definition) is 5. The van der Waals surface area contributed by atoms with Crippen molar-refractivity contribution in [2.24, 2.45) is 0 Å². The Kier molecular flexibility index (Phi) is 3.98. The summed E-state index contributed by atoms with van der Waals surface area (Å²) in [6.45, 7) is 2.97. The minimum absolute atomic E-state index is 0.137. The van der Waals surface area contributed by atoms with Gasteiger partial charge in [0.2, 0.25) is 10.0 Å². The quantitative estimate of drug-likeness (QED) is 0.827. The largest absolute Gasteiger partial charge is 0.495 e. The van der Waals surface area contributed by atoms with Crippen LogP contribution >= 0.6 is 0 Å². The number of benzene rings is 1. The Morgan fingerprint density at radius 1 is 1.47 bits per heavy atom. The van der Waals surface area contributed by atoms with E-state index in [1.165, 1.54) is 23.5 Å². The molecule has 0 aromatic heterocycles. The molecule has 7 heteroatoms. The second-order valence-electron chi connectivity index (χ2n) is 4.45. The lowest BCUT2D eigenvalue weighted by Crippen LogP contribution is -2.47. The standard InChI is InChI=1S/C12H18N2O4S/c1-9-8-18-6-5-14(9)19(15,16)12-4-3-10(13)7-11(12)17-2/h3-4,7,9H,5-6,8,13H2,1-2H3/t9-/m1/s1. The van der Waals surface area contributed by atoms with Crippen LogP contribution in [0, 0.1) is 0 Å². The van der Waals surface area contributed by atoms with Gasteiger partial charge in [0.1, 0.15) is 10.6 Å². The van der Waals surface area contributed by atoms with Gasteiger partial charge in [0, 0.05) is 24.3 Å². The number of methoxy groups -OCH3 is 1. The van der Waals surface area contributed by atoms with Gasteiger partial charge in [-0.1, -0.05) is 0 Å². The molecule has 0 aliphatic carbocycles. The molecule has 0 spiro atoms. The van der Waals surface area contributed by atoms with E-state index in [9.17, 15) is 8.42 Å². The molecule has 0 bridgehead atoms. The highest BCUT2D eigenvalue weighted by Crippen LogP contribution is 2.30. The molecule has 1 fully saturated rings. The molecule has 0 amide bonds. The van der Waals surface area contributed by atoms with Crippen molar-refractivity contribution in [2.45, 2.75) is 17.9 Å². The molecule has 2 N–H and O–H groups in total. The van der Waals surface area contributed by atoms with Crippen LogP contribution in [0.4, 0.5) is 5.69 Å². The fourth-order valence-corrected chi connectivity index (χ4v) is 3.83. The number of ether oxygens (including phenoxy) is 2. The molecule has 0 saturated carbocycles. The first-order chi connectivity index (χ1) is 8.96. The molecule has 1 saturated heterocycles. The smallest absolute Gasteiger partial charge is 0.247 e. The second kappa shape index (κ2) is 5.36. The molecule has 106 valence electrons. The predicted octanol–water partition coefficient (Wildman–Crippen LogP) is 0.687.